The highest BCUT2D eigenvalue weighted by Gasteiger charge is 2.48. The summed E-state index contributed by atoms with van der Waals surface area (Å²) in [5.41, 5.74) is 3.17. The van der Waals surface area contributed by atoms with Crippen molar-refractivity contribution in [3.63, 3.8) is 0 Å². The van der Waals surface area contributed by atoms with Crippen LogP contribution in [0.3, 0.4) is 0 Å². The largest absolute Gasteiger partial charge is 0.481 e. The summed E-state index contributed by atoms with van der Waals surface area (Å²) in [4.78, 5) is 34.7. The molecular formula is C23H25NO5. The molecule has 0 radical (unpaired) electrons. The second kappa shape index (κ2) is 8.90. The van der Waals surface area contributed by atoms with Gasteiger partial charge in [0.05, 0.1) is 17.8 Å². The summed E-state index contributed by atoms with van der Waals surface area (Å²) in [5, 5.41) is 21.1. The van der Waals surface area contributed by atoms with Crippen molar-refractivity contribution in [2.24, 2.45) is 17.8 Å². The maximum absolute atomic E-state index is 12.4. The molecule has 6 heteroatoms. The molecule has 0 bridgehead atoms. The van der Waals surface area contributed by atoms with E-state index >= 15 is 0 Å². The van der Waals surface area contributed by atoms with Crippen molar-refractivity contribution in [3.05, 3.63) is 60.2 Å². The van der Waals surface area contributed by atoms with Crippen LogP contribution < -0.4 is 5.32 Å². The van der Waals surface area contributed by atoms with Crippen molar-refractivity contribution in [1.82, 2.24) is 5.32 Å². The third-order valence-corrected chi connectivity index (χ3v) is 5.39. The molecule has 3 N–H and O–H groups in total. The molecule has 1 aliphatic carbocycles. The van der Waals surface area contributed by atoms with E-state index in [4.69, 9.17) is 5.11 Å². The number of carboxylic acid groups (broad SMARTS) is 2. The molecule has 3 rings (SSSR count). The predicted molar refractivity (Wildman–Crippen MR) is 108 cm³/mol. The van der Waals surface area contributed by atoms with E-state index in [1.54, 1.807) is 6.92 Å². The summed E-state index contributed by atoms with van der Waals surface area (Å²) in [6, 6.07) is 17.6. The number of rotatable bonds is 9. The second-order valence-electron chi connectivity index (χ2n) is 7.73. The third-order valence-electron chi connectivity index (χ3n) is 5.39. The van der Waals surface area contributed by atoms with Crippen LogP contribution in [0.5, 0.6) is 0 Å². The van der Waals surface area contributed by atoms with Gasteiger partial charge in [-0.15, -0.1) is 0 Å². The Labute approximate surface area is 169 Å². The van der Waals surface area contributed by atoms with Gasteiger partial charge in [0, 0.05) is 6.04 Å². The number of hydrogen-bond donors (Lipinski definition) is 3. The van der Waals surface area contributed by atoms with E-state index in [9.17, 15) is 19.5 Å². The third kappa shape index (κ3) is 5.44. The van der Waals surface area contributed by atoms with Crippen molar-refractivity contribution in [2.45, 2.75) is 32.2 Å². The zero-order valence-electron chi connectivity index (χ0n) is 16.2. The van der Waals surface area contributed by atoms with E-state index in [0.717, 1.165) is 16.7 Å². The number of aliphatic carboxylic acids is 2. The topological polar surface area (TPSA) is 104 Å². The maximum atomic E-state index is 12.4. The molecule has 1 aliphatic rings. The number of benzene rings is 2. The summed E-state index contributed by atoms with van der Waals surface area (Å²) < 4.78 is 0. The van der Waals surface area contributed by atoms with Crippen molar-refractivity contribution >= 4 is 17.8 Å². The molecule has 152 valence electrons. The van der Waals surface area contributed by atoms with Gasteiger partial charge in [-0.1, -0.05) is 61.5 Å². The lowest BCUT2D eigenvalue weighted by Gasteiger charge is -2.21. The second-order valence-corrected chi connectivity index (χ2v) is 7.73. The number of carbonyl (C=O) groups is 3. The number of hydrogen-bond acceptors (Lipinski definition) is 3. The molecule has 2 aromatic carbocycles. The number of amides is 1. The van der Waals surface area contributed by atoms with Crippen LogP contribution in [0.4, 0.5) is 0 Å². The van der Waals surface area contributed by atoms with Crippen molar-refractivity contribution in [1.29, 1.82) is 0 Å². The molecule has 1 amide bonds. The normalized spacial score (nSPS) is 19.8. The minimum absolute atomic E-state index is 0.284. The number of carboxylic acids is 2. The van der Waals surface area contributed by atoms with Crippen molar-refractivity contribution in [2.75, 3.05) is 0 Å². The van der Waals surface area contributed by atoms with Crippen molar-refractivity contribution < 1.29 is 24.6 Å². The highest BCUT2D eigenvalue weighted by molar-refractivity contribution is 5.89. The number of carbonyl (C=O) groups excluding carboxylic acids is 1. The van der Waals surface area contributed by atoms with Gasteiger partial charge < -0.3 is 15.5 Å². The van der Waals surface area contributed by atoms with E-state index in [-0.39, 0.29) is 18.4 Å². The highest BCUT2D eigenvalue weighted by atomic mass is 16.4. The molecule has 0 spiro atoms. The molecule has 6 nitrogen and oxygen atoms in total. The first kappa shape index (κ1) is 20.6. The molecule has 2 unspecified atom stereocenters. The number of nitrogens with one attached hydrogen (secondary N) is 1. The highest BCUT2D eigenvalue weighted by Crippen LogP contribution is 2.39. The van der Waals surface area contributed by atoms with Crippen LogP contribution >= 0.6 is 0 Å². The lowest BCUT2D eigenvalue weighted by molar-refractivity contribution is -0.141. The molecule has 2 aromatic rings. The Kier molecular flexibility index (Phi) is 6.32. The van der Waals surface area contributed by atoms with Gasteiger partial charge in [0.15, 0.2) is 0 Å². The Morgan fingerprint density at radius 3 is 2.14 bits per heavy atom. The minimum Gasteiger partial charge on any atom is -0.481 e. The molecule has 0 aromatic heterocycles. The van der Waals surface area contributed by atoms with E-state index < -0.39 is 29.7 Å². The minimum atomic E-state index is -0.961. The fourth-order valence-electron chi connectivity index (χ4n) is 3.54. The molecule has 0 saturated heterocycles. The predicted octanol–water partition coefficient (Wildman–Crippen LogP) is 3.21. The summed E-state index contributed by atoms with van der Waals surface area (Å²) in [7, 11) is 0. The maximum Gasteiger partial charge on any atom is 0.307 e. The van der Waals surface area contributed by atoms with E-state index in [1.807, 2.05) is 54.6 Å². The fourth-order valence-corrected chi connectivity index (χ4v) is 3.54. The quantitative estimate of drug-likeness (QED) is 0.605. The van der Waals surface area contributed by atoms with Crippen LogP contribution in [0.2, 0.25) is 0 Å². The van der Waals surface area contributed by atoms with Crippen molar-refractivity contribution in [3.8, 4) is 11.1 Å². The SMILES string of the molecule is CC(CC(Cc1ccc(-c2ccccc2)cc1)NC(=O)[C@H]1C[C@H]1C(=O)O)C(=O)O. The van der Waals surface area contributed by atoms with Gasteiger partial charge in [0.25, 0.3) is 0 Å². The lowest BCUT2D eigenvalue weighted by Crippen LogP contribution is -2.40. The van der Waals surface area contributed by atoms with Crippen LogP contribution in [0.1, 0.15) is 25.3 Å². The lowest BCUT2D eigenvalue weighted by atomic mass is 9.94. The van der Waals surface area contributed by atoms with Gasteiger partial charge in [-0.3, -0.25) is 14.4 Å². The van der Waals surface area contributed by atoms with Gasteiger partial charge in [-0.05, 0) is 36.0 Å². The Balaban J connectivity index is 1.68. The Hall–Kier alpha value is -3.15. The van der Waals surface area contributed by atoms with Gasteiger partial charge in [0.1, 0.15) is 0 Å². The first-order chi connectivity index (χ1) is 13.8. The van der Waals surface area contributed by atoms with Gasteiger partial charge in [0.2, 0.25) is 5.91 Å². The summed E-state index contributed by atoms with van der Waals surface area (Å²) in [5.74, 6) is -3.94. The average molecular weight is 395 g/mol. The van der Waals surface area contributed by atoms with Crippen LogP contribution in [0.25, 0.3) is 11.1 Å². The Bertz CT molecular complexity index is 878. The van der Waals surface area contributed by atoms with Gasteiger partial charge in [-0.25, -0.2) is 0 Å². The van der Waals surface area contributed by atoms with Crippen LogP contribution in [-0.4, -0.2) is 34.1 Å². The average Bonchev–Trinajstić information content (AvgIpc) is 3.50. The van der Waals surface area contributed by atoms with Crippen LogP contribution in [0.15, 0.2) is 54.6 Å². The van der Waals surface area contributed by atoms with Crippen LogP contribution in [0, 0.1) is 17.8 Å². The fraction of sp³-hybridized carbons (Fsp3) is 0.348. The van der Waals surface area contributed by atoms with E-state index in [0.29, 0.717) is 12.8 Å². The Morgan fingerprint density at radius 1 is 0.966 bits per heavy atom. The summed E-state index contributed by atoms with van der Waals surface area (Å²) >= 11 is 0. The molecule has 29 heavy (non-hydrogen) atoms. The smallest absolute Gasteiger partial charge is 0.307 e. The van der Waals surface area contributed by atoms with Gasteiger partial charge >= 0.3 is 11.9 Å². The van der Waals surface area contributed by atoms with E-state index in [2.05, 4.69) is 5.32 Å². The zero-order chi connectivity index (χ0) is 21.0. The molecule has 0 aliphatic heterocycles. The molecule has 1 saturated carbocycles. The van der Waals surface area contributed by atoms with Crippen LogP contribution in [-0.2, 0) is 20.8 Å². The molecule has 4 atom stereocenters. The standard InChI is InChI=1S/C23H25NO5/c1-14(22(26)27)11-18(24-21(25)19-13-20(19)23(28)29)12-15-7-9-17(10-8-15)16-5-3-2-4-6-16/h2-10,14,18-20H,11-13H2,1H3,(H,24,25)(H,26,27)(H,28,29)/t14?,18?,19-,20+/m0/s1. The first-order valence-electron chi connectivity index (χ1n) is 9.75. The monoisotopic (exact) mass is 395 g/mol. The summed E-state index contributed by atoms with van der Waals surface area (Å²) in [6.07, 6.45) is 1.11. The summed E-state index contributed by atoms with van der Waals surface area (Å²) in [6.45, 7) is 1.61. The molecule has 1 fully saturated rings. The zero-order valence-corrected chi connectivity index (χ0v) is 16.2. The molecule has 0 heterocycles. The first-order valence-corrected chi connectivity index (χ1v) is 9.75. The Morgan fingerprint density at radius 2 is 1.59 bits per heavy atom. The van der Waals surface area contributed by atoms with E-state index in [1.165, 1.54) is 0 Å². The molecular weight excluding hydrogens is 370 g/mol. The van der Waals surface area contributed by atoms with Gasteiger partial charge in [-0.2, -0.15) is 0 Å².